The second-order valence-electron chi connectivity index (χ2n) is 6.86. The summed E-state index contributed by atoms with van der Waals surface area (Å²) in [6.45, 7) is 10.3. The van der Waals surface area contributed by atoms with Gasteiger partial charge in [-0.05, 0) is 46.8 Å². The van der Waals surface area contributed by atoms with E-state index in [0.717, 1.165) is 17.1 Å². The number of hydrogen-bond donors (Lipinski definition) is 1. The smallest absolute Gasteiger partial charge is 0.415 e. The molecule has 21 heavy (non-hydrogen) atoms. The third kappa shape index (κ3) is 3.23. The second-order valence-corrected chi connectivity index (χ2v) is 6.86. The Bertz CT molecular complexity index is 547. The van der Waals surface area contributed by atoms with Gasteiger partial charge in [-0.3, -0.25) is 4.90 Å². The van der Waals surface area contributed by atoms with Crippen LogP contribution >= 0.6 is 0 Å². The Hall–Kier alpha value is -1.91. The number of amides is 1. The SMILES string of the molecule is COc1ccc2c(c1)NCC(C)(C)N2C(=O)OC(C)(C)C. The van der Waals surface area contributed by atoms with Gasteiger partial charge in [0.05, 0.1) is 24.0 Å². The number of carbonyl (C=O) groups is 1. The van der Waals surface area contributed by atoms with Crippen LogP contribution in [-0.4, -0.2) is 30.9 Å². The minimum absolute atomic E-state index is 0.333. The molecule has 5 nitrogen and oxygen atoms in total. The summed E-state index contributed by atoms with van der Waals surface area (Å²) in [5.74, 6) is 0.755. The van der Waals surface area contributed by atoms with Crippen molar-refractivity contribution >= 4 is 17.5 Å². The van der Waals surface area contributed by atoms with Crippen molar-refractivity contribution in [1.82, 2.24) is 0 Å². The average molecular weight is 292 g/mol. The topological polar surface area (TPSA) is 50.8 Å². The summed E-state index contributed by atoms with van der Waals surface area (Å²) < 4.78 is 10.8. The first kappa shape index (κ1) is 15.5. The van der Waals surface area contributed by atoms with E-state index in [4.69, 9.17) is 9.47 Å². The number of benzene rings is 1. The molecule has 1 N–H and O–H groups in total. The van der Waals surface area contributed by atoms with Crippen molar-refractivity contribution in [1.29, 1.82) is 0 Å². The van der Waals surface area contributed by atoms with Gasteiger partial charge < -0.3 is 14.8 Å². The van der Waals surface area contributed by atoms with Gasteiger partial charge in [0.1, 0.15) is 11.4 Å². The molecule has 0 fully saturated rings. The lowest BCUT2D eigenvalue weighted by atomic mass is 9.98. The van der Waals surface area contributed by atoms with Crippen LogP contribution < -0.4 is 15.0 Å². The van der Waals surface area contributed by atoms with Gasteiger partial charge in [-0.25, -0.2) is 4.79 Å². The van der Waals surface area contributed by atoms with Gasteiger partial charge in [0.2, 0.25) is 0 Å². The summed E-state index contributed by atoms with van der Waals surface area (Å²) in [5, 5.41) is 3.35. The van der Waals surface area contributed by atoms with Crippen molar-refractivity contribution in [2.75, 3.05) is 23.9 Å². The highest BCUT2D eigenvalue weighted by Gasteiger charge is 2.39. The zero-order valence-electron chi connectivity index (χ0n) is 13.6. The number of ether oxygens (including phenoxy) is 2. The van der Waals surface area contributed by atoms with Crippen LogP contribution in [0.25, 0.3) is 0 Å². The highest BCUT2D eigenvalue weighted by atomic mass is 16.6. The minimum atomic E-state index is -0.523. The molecule has 0 saturated carbocycles. The monoisotopic (exact) mass is 292 g/mol. The molecule has 0 aromatic heterocycles. The van der Waals surface area contributed by atoms with E-state index in [0.29, 0.717) is 6.54 Å². The summed E-state index contributed by atoms with van der Waals surface area (Å²) in [7, 11) is 1.63. The fourth-order valence-electron chi connectivity index (χ4n) is 2.35. The van der Waals surface area contributed by atoms with E-state index in [1.165, 1.54) is 0 Å². The minimum Gasteiger partial charge on any atom is -0.497 e. The largest absolute Gasteiger partial charge is 0.497 e. The quantitative estimate of drug-likeness (QED) is 0.858. The second kappa shape index (κ2) is 5.13. The van der Waals surface area contributed by atoms with E-state index in [1.54, 1.807) is 12.0 Å². The van der Waals surface area contributed by atoms with E-state index in [-0.39, 0.29) is 11.6 Å². The molecule has 1 heterocycles. The Morgan fingerprint density at radius 1 is 1.33 bits per heavy atom. The normalized spacial score (nSPS) is 16.8. The van der Waals surface area contributed by atoms with Crippen molar-refractivity contribution in [3.8, 4) is 5.75 Å². The third-order valence-electron chi connectivity index (χ3n) is 3.34. The van der Waals surface area contributed by atoms with Gasteiger partial charge >= 0.3 is 6.09 Å². The summed E-state index contributed by atoms with van der Waals surface area (Å²) >= 11 is 0. The van der Waals surface area contributed by atoms with Crippen molar-refractivity contribution < 1.29 is 14.3 Å². The number of anilines is 2. The molecular formula is C16H24N2O3. The Kier molecular flexibility index (Phi) is 3.78. The molecule has 2 rings (SSSR count). The van der Waals surface area contributed by atoms with Crippen LogP contribution in [0, 0.1) is 0 Å². The van der Waals surface area contributed by atoms with Gasteiger partial charge in [0.15, 0.2) is 0 Å². The highest BCUT2D eigenvalue weighted by Crippen LogP contribution is 2.39. The predicted molar refractivity (Wildman–Crippen MR) is 84.3 cm³/mol. The lowest BCUT2D eigenvalue weighted by Gasteiger charge is -2.43. The average Bonchev–Trinajstić information content (AvgIpc) is 2.35. The van der Waals surface area contributed by atoms with Crippen LogP contribution in [0.4, 0.5) is 16.2 Å². The van der Waals surface area contributed by atoms with Crippen molar-refractivity contribution in [3.05, 3.63) is 18.2 Å². The van der Waals surface area contributed by atoms with E-state index in [1.807, 2.05) is 52.8 Å². The van der Waals surface area contributed by atoms with Gasteiger partial charge in [-0.1, -0.05) is 0 Å². The molecule has 1 aliphatic rings. The molecule has 0 saturated heterocycles. The molecule has 5 heteroatoms. The molecule has 0 spiro atoms. The number of methoxy groups -OCH3 is 1. The number of nitrogens with one attached hydrogen (secondary N) is 1. The fraction of sp³-hybridized carbons (Fsp3) is 0.562. The van der Waals surface area contributed by atoms with E-state index >= 15 is 0 Å². The molecule has 0 bridgehead atoms. The predicted octanol–water partition coefficient (Wildman–Crippen LogP) is 3.64. The van der Waals surface area contributed by atoms with Crippen LogP contribution in [0.1, 0.15) is 34.6 Å². The Balaban J connectivity index is 2.41. The Morgan fingerprint density at radius 3 is 2.57 bits per heavy atom. The molecule has 0 unspecified atom stereocenters. The van der Waals surface area contributed by atoms with E-state index in [9.17, 15) is 4.79 Å². The lowest BCUT2D eigenvalue weighted by Crippen LogP contribution is -2.56. The van der Waals surface area contributed by atoms with Crippen LogP contribution in [0.2, 0.25) is 0 Å². The van der Waals surface area contributed by atoms with E-state index < -0.39 is 5.60 Å². The van der Waals surface area contributed by atoms with Crippen molar-refractivity contribution in [2.24, 2.45) is 0 Å². The molecule has 1 aliphatic heterocycles. The highest BCUT2D eigenvalue weighted by molar-refractivity contribution is 5.95. The molecule has 0 aliphatic carbocycles. The molecular weight excluding hydrogens is 268 g/mol. The Labute approximate surface area is 126 Å². The summed E-state index contributed by atoms with van der Waals surface area (Å²) in [5.41, 5.74) is 0.787. The van der Waals surface area contributed by atoms with Gasteiger partial charge in [-0.2, -0.15) is 0 Å². The van der Waals surface area contributed by atoms with E-state index in [2.05, 4.69) is 5.32 Å². The van der Waals surface area contributed by atoms with Crippen molar-refractivity contribution in [2.45, 2.75) is 45.8 Å². The maximum Gasteiger partial charge on any atom is 0.415 e. The first-order chi connectivity index (χ1) is 9.64. The molecule has 1 aromatic rings. The maximum atomic E-state index is 12.6. The molecule has 0 radical (unpaired) electrons. The molecule has 1 aromatic carbocycles. The fourth-order valence-corrected chi connectivity index (χ4v) is 2.35. The number of carbonyl (C=O) groups excluding carboxylic acids is 1. The number of rotatable bonds is 1. The Morgan fingerprint density at radius 2 is 2.00 bits per heavy atom. The molecule has 1 amide bonds. The molecule has 116 valence electrons. The number of fused-ring (bicyclic) bond motifs is 1. The number of hydrogen-bond acceptors (Lipinski definition) is 4. The standard InChI is InChI=1S/C16H24N2O3/c1-15(2,3)21-14(19)18-13-8-7-11(20-6)9-12(13)17-10-16(18,4)5/h7-9,17H,10H2,1-6H3. The zero-order chi connectivity index (χ0) is 15.8. The maximum absolute atomic E-state index is 12.6. The van der Waals surface area contributed by atoms with Crippen LogP contribution in [-0.2, 0) is 4.74 Å². The van der Waals surface area contributed by atoms with Crippen LogP contribution in [0.3, 0.4) is 0 Å². The van der Waals surface area contributed by atoms with Gasteiger partial charge in [-0.15, -0.1) is 0 Å². The molecule has 0 atom stereocenters. The summed E-state index contributed by atoms with van der Waals surface area (Å²) in [4.78, 5) is 14.3. The zero-order valence-corrected chi connectivity index (χ0v) is 13.6. The summed E-state index contributed by atoms with van der Waals surface area (Å²) in [6, 6.07) is 5.62. The third-order valence-corrected chi connectivity index (χ3v) is 3.34. The number of nitrogens with zero attached hydrogens (tertiary/aromatic N) is 1. The first-order valence-electron chi connectivity index (χ1n) is 7.09. The van der Waals surface area contributed by atoms with Gasteiger partial charge in [0.25, 0.3) is 0 Å². The van der Waals surface area contributed by atoms with Gasteiger partial charge in [0, 0.05) is 12.6 Å². The van der Waals surface area contributed by atoms with Crippen molar-refractivity contribution in [3.63, 3.8) is 0 Å². The summed E-state index contributed by atoms with van der Waals surface area (Å²) in [6.07, 6.45) is -0.333. The van der Waals surface area contributed by atoms with Crippen LogP contribution in [0.5, 0.6) is 5.75 Å². The van der Waals surface area contributed by atoms with Crippen LogP contribution in [0.15, 0.2) is 18.2 Å². The first-order valence-corrected chi connectivity index (χ1v) is 7.09. The lowest BCUT2D eigenvalue weighted by molar-refractivity contribution is 0.0546.